The standard InChI is InChI=1S/C14H21N3/c1-2-6-14(17-11-7-15-8-12-17)13(5-1)16-9-3-4-10-16/h1-2,5-6,15H,3-4,7-12H2. The molecule has 2 aliphatic heterocycles. The first kappa shape index (κ1) is 10.9. The summed E-state index contributed by atoms with van der Waals surface area (Å²) < 4.78 is 0. The third kappa shape index (κ3) is 2.25. The number of anilines is 2. The number of rotatable bonds is 2. The Morgan fingerprint density at radius 1 is 0.765 bits per heavy atom. The minimum atomic E-state index is 1.11. The van der Waals surface area contributed by atoms with Crippen LogP contribution in [0.4, 0.5) is 11.4 Å². The molecular weight excluding hydrogens is 210 g/mol. The maximum Gasteiger partial charge on any atom is 0.0604 e. The van der Waals surface area contributed by atoms with Crippen LogP contribution < -0.4 is 15.1 Å². The molecule has 0 bridgehead atoms. The molecule has 2 aliphatic rings. The second-order valence-corrected chi connectivity index (χ2v) is 4.92. The van der Waals surface area contributed by atoms with Crippen molar-refractivity contribution in [3.8, 4) is 0 Å². The molecule has 0 unspecified atom stereocenters. The molecule has 0 spiro atoms. The first-order valence-electron chi connectivity index (χ1n) is 6.75. The van der Waals surface area contributed by atoms with Gasteiger partial charge in [0.15, 0.2) is 0 Å². The second kappa shape index (κ2) is 4.96. The molecule has 3 rings (SSSR count). The van der Waals surface area contributed by atoms with Crippen LogP contribution in [0.1, 0.15) is 12.8 Å². The normalized spacial score (nSPS) is 20.9. The molecule has 1 aromatic rings. The van der Waals surface area contributed by atoms with E-state index in [2.05, 4.69) is 39.4 Å². The van der Waals surface area contributed by atoms with Crippen LogP contribution in [0.5, 0.6) is 0 Å². The van der Waals surface area contributed by atoms with E-state index in [1.165, 1.54) is 37.3 Å². The van der Waals surface area contributed by atoms with Crippen LogP contribution in [0.3, 0.4) is 0 Å². The minimum absolute atomic E-state index is 1.11. The molecule has 3 heteroatoms. The summed E-state index contributed by atoms with van der Waals surface area (Å²) in [7, 11) is 0. The zero-order valence-corrected chi connectivity index (χ0v) is 10.4. The van der Waals surface area contributed by atoms with Crippen molar-refractivity contribution in [3.63, 3.8) is 0 Å². The quantitative estimate of drug-likeness (QED) is 0.835. The van der Waals surface area contributed by atoms with Crippen molar-refractivity contribution in [1.82, 2.24) is 5.32 Å². The van der Waals surface area contributed by atoms with Gasteiger partial charge < -0.3 is 15.1 Å². The number of nitrogens with zero attached hydrogens (tertiary/aromatic N) is 2. The molecule has 0 amide bonds. The summed E-state index contributed by atoms with van der Waals surface area (Å²) in [6.45, 7) is 6.92. The minimum Gasteiger partial charge on any atom is -0.370 e. The average molecular weight is 231 g/mol. The van der Waals surface area contributed by atoms with E-state index in [0.29, 0.717) is 0 Å². The zero-order valence-electron chi connectivity index (χ0n) is 10.4. The Bertz CT molecular complexity index is 365. The van der Waals surface area contributed by atoms with E-state index in [-0.39, 0.29) is 0 Å². The van der Waals surface area contributed by atoms with E-state index in [1.807, 2.05) is 0 Å². The average Bonchev–Trinajstić information content (AvgIpc) is 2.94. The number of para-hydroxylation sites is 2. The fourth-order valence-corrected chi connectivity index (χ4v) is 2.86. The molecule has 2 saturated heterocycles. The van der Waals surface area contributed by atoms with Gasteiger partial charge in [0.2, 0.25) is 0 Å². The fraction of sp³-hybridized carbons (Fsp3) is 0.571. The van der Waals surface area contributed by atoms with Gasteiger partial charge in [0.25, 0.3) is 0 Å². The van der Waals surface area contributed by atoms with Gasteiger partial charge in [0, 0.05) is 39.3 Å². The third-order valence-electron chi connectivity index (χ3n) is 3.79. The van der Waals surface area contributed by atoms with Crippen LogP contribution in [-0.2, 0) is 0 Å². The lowest BCUT2D eigenvalue weighted by atomic mass is 10.2. The molecule has 1 N–H and O–H groups in total. The predicted octanol–water partition coefficient (Wildman–Crippen LogP) is 1.70. The van der Waals surface area contributed by atoms with E-state index in [4.69, 9.17) is 0 Å². The van der Waals surface area contributed by atoms with Crippen LogP contribution in [0.25, 0.3) is 0 Å². The number of benzene rings is 1. The lowest BCUT2D eigenvalue weighted by Crippen LogP contribution is -2.44. The molecular formula is C14H21N3. The molecule has 92 valence electrons. The van der Waals surface area contributed by atoms with E-state index in [1.54, 1.807) is 0 Å². The van der Waals surface area contributed by atoms with Gasteiger partial charge in [-0.15, -0.1) is 0 Å². The number of nitrogens with one attached hydrogen (secondary N) is 1. The zero-order chi connectivity index (χ0) is 11.5. The summed E-state index contributed by atoms with van der Waals surface area (Å²) >= 11 is 0. The summed E-state index contributed by atoms with van der Waals surface area (Å²) in [4.78, 5) is 5.06. The molecule has 17 heavy (non-hydrogen) atoms. The Morgan fingerprint density at radius 2 is 1.29 bits per heavy atom. The van der Waals surface area contributed by atoms with Crippen molar-refractivity contribution in [1.29, 1.82) is 0 Å². The van der Waals surface area contributed by atoms with E-state index < -0.39 is 0 Å². The lowest BCUT2D eigenvalue weighted by molar-refractivity contribution is 0.589. The van der Waals surface area contributed by atoms with Crippen molar-refractivity contribution in [3.05, 3.63) is 24.3 Å². The van der Waals surface area contributed by atoms with Crippen molar-refractivity contribution in [2.45, 2.75) is 12.8 Å². The Morgan fingerprint density at radius 3 is 1.88 bits per heavy atom. The SMILES string of the molecule is c1ccc(N2CCNCC2)c(N2CCCC2)c1. The van der Waals surface area contributed by atoms with E-state index in [9.17, 15) is 0 Å². The van der Waals surface area contributed by atoms with Crippen LogP contribution in [0.2, 0.25) is 0 Å². The maximum absolute atomic E-state index is 3.42. The Kier molecular flexibility index (Phi) is 3.18. The highest BCUT2D eigenvalue weighted by Crippen LogP contribution is 2.31. The Balaban J connectivity index is 1.86. The largest absolute Gasteiger partial charge is 0.370 e. The van der Waals surface area contributed by atoms with Crippen LogP contribution in [-0.4, -0.2) is 39.3 Å². The molecule has 0 aliphatic carbocycles. The summed E-state index contributed by atoms with van der Waals surface area (Å²) in [5.41, 5.74) is 2.86. The summed E-state index contributed by atoms with van der Waals surface area (Å²) in [5.74, 6) is 0. The van der Waals surface area contributed by atoms with Gasteiger partial charge in [-0.05, 0) is 25.0 Å². The maximum atomic E-state index is 3.42. The smallest absolute Gasteiger partial charge is 0.0604 e. The van der Waals surface area contributed by atoms with Crippen LogP contribution in [0.15, 0.2) is 24.3 Å². The Labute approximate surface area is 103 Å². The molecule has 1 aromatic carbocycles. The van der Waals surface area contributed by atoms with Gasteiger partial charge in [-0.1, -0.05) is 12.1 Å². The van der Waals surface area contributed by atoms with Gasteiger partial charge in [-0.2, -0.15) is 0 Å². The molecule has 2 fully saturated rings. The van der Waals surface area contributed by atoms with Crippen molar-refractivity contribution < 1.29 is 0 Å². The predicted molar refractivity (Wildman–Crippen MR) is 73.0 cm³/mol. The van der Waals surface area contributed by atoms with Gasteiger partial charge >= 0.3 is 0 Å². The first-order valence-corrected chi connectivity index (χ1v) is 6.75. The monoisotopic (exact) mass is 231 g/mol. The number of hydrogen-bond acceptors (Lipinski definition) is 3. The number of piperazine rings is 1. The third-order valence-corrected chi connectivity index (χ3v) is 3.79. The van der Waals surface area contributed by atoms with Crippen molar-refractivity contribution in [2.24, 2.45) is 0 Å². The van der Waals surface area contributed by atoms with Gasteiger partial charge in [-0.25, -0.2) is 0 Å². The van der Waals surface area contributed by atoms with Gasteiger partial charge in [0.1, 0.15) is 0 Å². The lowest BCUT2D eigenvalue weighted by Gasteiger charge is -2.33. The molecule has 0 aromatic heterocycles. The summed E-state index contributed by atoms with van der Waals surface area (Å²) in [5, 5.41) is 3.42. The van der Waals surface area contributed by atoms with Gasteiger partial charge in [0.05, 0.1) is 11.4 Å². The topological polar surface area (TPSA) is 18.5 Å². The van der Waals surface area contributed by atoms with E-state index >= 15 is 0 Å². The van der Waals surface area contributed by atoms with Crippen molar-refractivity contribution >= 4 is 11.4 Å². The summed E-state index contributed by atoms with van der Waals surface area (Å²) in [6, 6.07) is 8.89. The van der Waals surface area contributed by atoms with Crippen LogP contribution in [0, 0.1) is 0 Å². The molecule has 2 heterocycles. The fourth-order valence-electron chi connectivity index (χ4n) is 2.86. The highest BCUT2D eigenvalue weighted by molar-refractivity contribution is 5.71. The van der Waals surface area contributed by atoms with Crippen LogP contribution >= 0.6 is 0 Å². The highest BCUT2D eigenvalue weighted by atomic mass is 15.2. The van der Waals surface area contributed by atoms with E-state index in [0.717, 1.165) is 26.2 Å². The summed E-state index contributed by atoms with van der Waals surface area (Å²) in [6.07, 6.45) is 2.69. The molecule has 0 saturated carbocycles. The molecule has 3 nitrogen and oxygen atoms in total. The highest BCUT2D eigenvalue weighted by Gasteiger charge is 2.19. The Hall–Kier alpha value is -1.22. The van der Waals surface area contributed by atoms with Gasteiger partial charge in [-0.3, -0.25) is 0 Å². The van der Waals surface area contributed by atoms with Crippen molar-refractivity contribution in [2.75, 3.05) is 49.1 Å². The second-order valence-electron chi connectivity index (χ2n) is 4.92. The molecule has 0 radical (unpaired) electrons. The molecule has 0 atom stereocenters. The number of hydrogen-bond donors (Lipinski definition) is 1. The first-order chi connectivity index (χ1) is 8.45.